The van der Waals surface area contributed by atoms with Crippen molar-refractivity contribution in [3.63, 3.8) is 0 Å². The summed E-state index contributed by atoms with van der Waals surface area (Å²) >= 11 is 1.38. The van der Waals surface area contributed by atoms with Crippen molar-refractivity contribution in [2.75, 3.05) is 12.0 Å². The van der Waals surface area contributed by atoms with Crippen LogP contribution in [0.1, 0.15) is 10.4 Å². The summed E-state index contributed by atoms with van der Waals surface area (Å²) in [6.07, 6.45) is 1.05. The highest BCUT2D eigenvalue weighted by Gasteiger charge is 2.12. The number of hydrogen-bond acceptors (Lipinski definition) is 4. The van der Waals surface area contributed by atoms with E-state index in [0.717, 1.165) is 6.26 Å². The van der Waals surface area contributed by atoms with Gasteiger partial charge in [-0.15, -0.1) is 0 Å². The van der Waals surface area contributed by atoms with Crippen LogP contribution < -0.4 is 0 Å². The second-order valence-corrected chi connectivity index (χ2v) is 5.43. The van der Waals surface area contributed by atoms with Crippen molar-refractivity contribution in [3.05, 3.63) is 22.4 Å². The Bertz CT molecular complexity index is 361. The van der Waals surface area contributed by atoms with Crippen LogP contribution in [0.15, 0.2) is 16.8 Å². The zero-order chi connectivity index (χ0) is 9.19. The van der Waals surface area contributed by atoms with Crippen molar-refractivity contribution in [2.45, 2.75) is 0 Å². The Balaban J connectivity index is 2.76. The first-order valence-corrected chi connectivity index (χ1v) is 6.22. The second-order valence-electron chi connectivity index (χ2n) is 2.51. The van der Waals surface area contributed by atoms with Crippen molar-refractivity contribution in [3.8, 4) is 0 Å². The molecule has 0 fully saturated rings. The Hall–Kier alpha value is -0.680. The number of sulfone groups is 1. The van der Waals surface area contributed by atoms with E-state index < -0.39 is 15.6 Å². The van der Waals surface area contributed by atoms with Gasteiger partial charge in [-0.2, -0.15) is 11.3 Å². The van der Waals surface area contributed by atoms with Gasteiger partial charge in [-0.05, 0) is 11.4 Å². The first-order valence-electron chi connectivity index (χ1n) is 3.22. The van der Waals surface area contributed by atoms with Gasteiger partial charge in [-0.25, -0.2) is 8.42 Å². The molecule has 1 aromatic heterocycles. The van der Waals surface area contributed by atoms with Gasteiger partial charge >= 0.3 is 0 Å². The third-order valence-corrected chi connectivity index (χ3v) is 2.71. The number of carbonyl (C=O) groups is 1. The average molecular weight is 204 g/mol. The van der Waals surface area contributed by atoms with Gasteiger partial charge in [0.05, 0.1) is 0 Å². The highest BCUT2D eigenvalue weighted by molar-refractivity contribution is 7.91. The van der Waals surface area contributed by atoms with E-state index in [1.807, 2.05) is 0 Å². The molecule has 0 radical (unpaired) electrons. The minimum Gasteiger partial charge on any atom is -0.293 e. The maximum Gasteiger partial charge on any atom is 0.178 e. The molecule has 3 nitrogen and oxygen atoms in total. The van der Waals surface area contributed by atoms with Gasteiger partial charge in [0.2, 0.25) is 0 Å². The van der Waals surface area contributed by atoms with Crippen LogP contribution in [0.4, 0.5) is 0 Å². The van der Waals surface area contributed by atoms with E-state index in [4.69, 9.17) is 0 Å². The molecular weight excluding hydrogens is 196 g/mol. The SMILES string of the molecule is CS(=O)(=O)CC(=O)c1ccsc1. The van der Waals surface area contributed by atoms with Crippen LogP contribution >= 0.6 is 11.3 Å². The van der Waals surface area contributed by atoms with E-state index in [2.05, 4.69) is 0 Å². The molecule has 1 aromatic rings. The molecule has 0 spiro atoms. The fourth-order valence-electron chi connectivity index (χ4n) is 0.745. The molecule has 1 rings (SSSR count). The summed E-state index contributed by atoms with van der Waals surface area (Å²) in [5, 5.41) is 3.39. The number of rotatable bonds is 3. The monoisotopic (exact) mass is 204 g/mol. The van der Waals surface area contributed by atoms with Crippen LogP contribution in [-0.2, 0) is 9.84 Å². The van der Waals surface area contributed by atoms with Gasteiger partial charge in [-0.1, -0.05) is 0 Å². The quantitative estimate of drug-likeness (QED) is 0.689. The first kappa shape index (κ1) is 9.41. The largest absolute Gasteiger partial charge is 0.293 e. The van der Waals surface area contributed by atoms with E-state index in [1.165, 1.54) is 11.3 Å². The van der Waals surface area contributed by atoms with E-state index in [1.54, 1.807) is 16.8 Å². The predicted molar refractivity (Wildman–Crippen MR) is 48.4 cm³/mol. The highest BCUT2D eigenvalue weighted by atomic mass is 32.2. The van der Waals surface area contributed by atoms with Crippen molar-refractivity contribution in [1.29, 1.82) is 0 Å². The topological polar surface area (TPSA) is 51.2 Å². The molecule has 0 aromatic carbocycles. The van der Waals surface area contributed by atoms with Crippen LogP contribution in [0.3, 0.4) is 0 Å². The maximum absolute atomic E-state index is 11.1. The van der Waals surface area contributed by atoms with Gasteiger partial charge in [0.1, 0.15) is 5.75 Å². The molecule has 0 aliphatic carbocycles. The number of Topliss-reactive ketones (excluding diaryl/α,β-unsaturated/α-hetero) is 1. The minimum absolute atomic E-state index is 0.334. The zero-order valence-electron chi connectivity index (χ0n) is 6.48. The summed E-state index contributed by atoms with van der Waals surface area (Å²) in [6.45, 7) is 0. The van der Waals surface area contributed by atoms with Gasteiger partial charge < -0.3 is 0 Å². The molecule has 12 heavy (non-hydrogen) atoms. The highest BCUT2D eigenvalue weighted by Crippen LogP contribution is 2.07. The normalized spacial score (nSPS) is 11.4. The molecule has 0 amide bonds. The Morgan fingerprint density at radius 3 is 2.67 bits per heavy atom. The lowest BCUT2D eigenvalue weighted by molar-refractivity contribution is 0.102. The zero-order valence-corrected chi connectivity index (χ0v) is 8.11. The third kappa shape index (κ3) is 2.75. The van der Waals surface area contributed by atoms with Crippen LogP contribution in [0.5, 0.6) is 0 Å². The summed E-state index contributed by atoms with van der Waals surface area (Å²) in [7, 11) is -3.19. The predicted octanol–water partition coefficient (Wildman–Crippen LogP) is 0.975. The lowest BCUT2D eigenvalue weighted by Gasteiger charge is -1.94. The van der Waals surface area contributed by atoms with Gasteiger partial charge in [0, 0.05) is 17.2 Å². The summed E-state index contributed by atoms with van der Waals surface area (Å²) in [4.78, 5) is 11.1. The molecule has 1 heterocycles. The van der Waals surface area contributed by atoms with Crippen molar-refractivity contribution in [1.82, 2.24) is 0 Å². The first-order chi connectivity index (χ1) is 5.49. The molecular formula is C7H8O3S2. The molecule has 0 atom stereocenters. The second kappa shape index (κ2) is 3.37. The fraction of sp³-hybridized carbons (Fsp3) is 0.286. The van der Waals surface area contributed by atoms with Gasteiger partial charge in [0.25, 0.3) is 0 Å². The molecule has 0 aliphatic rings. The lowest BCUT2D eigenvalue weighted by atomic mass is 10.2. The van der Waals surface area contributed by atoms with Crippen LogP contribution in [0.25, 0.3) is 0 Å². The Morgan fingerprint density at radius 1 is 1.58 bits per heavy atom. The molecule has 0 N–H and O–H groups in total. The molecule has 5 heteroatoms. The molecule has 0 bridgehead atoms. The Labute approximate surface area is 75.0 Å². The molecule has 66 valence electrons. The Kier molecular flexibility index (Phi) is 2.64. The molecule has 0 unspecified atom stereocenters. The summed E-state index contributed by atoms with van der Waals surface area (Å²) in [5.41, 5.74) is 0.477. The number of thiophene rings is 1. The van der Waals surface area contributed by atoms with E-state index in [9.17, 15) is 13.2 Å². The van der Waals surface area contributed by atoms with Crippen LogP contribution in [0.2, 0.25) is 0 Å². The van der Waals surface area contributed by atoms with Crippen LogP contribution in [0, 0.1) is 0 Å². The average Bonchev–Trinajstić information content (AvgIpc) is 2.32. The Morgan fingerprint density at radius 2 is 2.25 bits per heavy atom. The third-order valence-electron chi connectivity index (χ3n) is 1.24. The number of ketones is 1. The molecule has 0 aliphatic heterocycles. The van der Waals surface area contributed by atoms with Crippen molar-refractivity contribution >= 4 is 27.0 Å². The van der Waals surface area contributed by atoms with Crippen LogP contribution in [-0.4, -0.2) is 26.2 Å². The fourth-order valence-corrected chi connectivity index (χ4v) is 2.05. The van der Waals surface area contributed by atoms with E-state index >= 15 is 0 Å². The maximum atomic E-state index is 11.1. The van der Waals surface area contributed by atoms with Crippen molar-refractivity contribution < 1.29 is 13.2 Å². The summed E-state index contributed by atoms with van der Waals surface area (Å²) in [6, 6.07) is 1.62. The summed E-state index contributed by atoms with van der Waals surface area (Å²) in [5.74, 6) is -0.734. The molecule has 0 saturated carbocycles. The minimum atomic E-state index is -3.19. The number of hydrogen-bond donors (Lipinski definition) is 0. The molecule has 0 saturated heterocycles. The van der Waals surface area contributed by atoms with E-state index in [-0.39, 0.29) is 5.78 Å². The van der Waals surface area contributed by atoms with Crippen molar-refractivity contribution in [2.24, 2.45) is 0 Å². The number of carbonyl (C=O) groups excluding carboxylic acids is 1. The smallest absolute Gasteiger partial charge is 0.178 e. The standard InChI is InChI=1S/C7H8O3S2/c1-12(9,10)5-7(8)6-2-3-11-4-6/h2-4H,5H2,1H3. The summed E-state index contributed by atoms with van der Waals surface area (Å²) < 4.78 is 21.4. The van der Waals surface area contributed by atoms with Gasteiger partial charge in [-0.3, -0.25) is 4.79 Å². The van der Waals surface area contributed by atoms with Gasteiger partial charge in [0.15, 0.2) is 15.6 Å². The van der Waals surface area contributed by atoms with E-state index in [0.29, 0.717) is 5.56 Å². The lowest BCUT2D eigenvalue weighted by Crippen LogP contribution is -2.13.